The molecule has 6 nitrogen and oxygen atoms in total. The van der Waals surface area contributed by atoms with Gasteiger partial charge in [-0.25, -0.2) is 9.59 Å². The van der Waals surface area contributed by atoms with Gasteiger partial charge in [0.2, 0.25) is 0 Å². The molecule has 1 heterocycles. The highest BCUT2D eigenvalue weighted by molar-refractivity contribution is 5.92. The molecule has 1 aromatic rings. The third kappa shape index (κ3) is 4.88. The standard InChI is InChI=1S/C18H25NO5/c1-18(2,3)24-17(21)19-11-9-13(10-12-19)23-16(20)14-7-5-6-8-15(14)22-4/h5-8,13H,9-12H2,1-4H3. The summed E-state index contributed by atoms with van der Waals surface area (Å²) in [7, 11) is 1.52. The zero-order valence-electron chi connectivity index (χ0n) is 14.7. The van der Waals surface area contributed by atoms with Crippen molar-refractivity contribution < 1.29 is 23.8 Å². The van der Waals surface area contributed by atoms with Gasteiger partial charge in [-0.1, -0.05) is 12.1 Å². The molecule has 1 amide bonds. The van der Waals surface area contributed by atoms with E-state index in [1.165, 1.54) is 7.11 Å². The van der Waals surface area contributed by atoms with Crippen LogP contribution in [-0.4, -0.2) is 48.9 Å². The van der Waals surface area contributed by atoms with Crippen LogP contribution in [0.3, 0.4) is 0 Å². The number of esters is 1. The minimum Gasteiger partial charge on any atom is -0.496 e. The van der Waals surface area contributed by atoms with Crippen molar-refractivity contribution in [2.24, 2.45) is 0 Å². The summed E-state index contributed by atoms with van der Waals surface area (Å²) in [5.74, 6) is 0.0943. The van der Waals surface area contributed by atoms with E-state index in [1.807, 2.05) is 20.8 Å². The van der Waals surface area contributed by atoms with E-state index in [9.17, 15) is 9.59 Å². The van der Waals surface area contributed by atoms with Crippen LogP contribution in [0.25, 0.3) is 0 Å². The summed E-state index contributed by atoms with van der Waals surface area (Å²) in [6.45, 7) is 6.55. The van der Waals surface area contributed by atoms with E-state index in [2.05, 4.69) is 0 Å². The Morgan fingerprint density at radius 1 is 1.12 bits per heavy atom. The SMILES string of the molecule is COc1ccccc1C(=O)OC1CCN(C(=O)OC(C)(C)C)CC1. The number of carbonyl (C=O) groups excluding carboxylic acids is 2. The highest BCUT2D eigenvalue weighted by atomic mass is 16.6. The number of carbonyl (C=O) groups is 2. The van der Waals surface area contributed by atoms with Gasteiger partial charge in [-0.05, 0) is 32.9 Å². The van der Waals surface area contributed by atoms with Crippen molar-refractivity contribution in [3.05, 3.63) is 29.8 Å². The number of hydrogen-bond donors (Lipinski definition) is 0. The molecule has 0 radical (unpaired) electrons. The first-order chi connectivity index (χ1) is 11.3. The number of para-hydroxylation sites is 1. The Morgan fingerprint density at radius 3 is 2.33 bits per heavy atom. The van der Waals surface area contributed by atoms with Gasteiger partial charge in [0.15, 0.2) is 0 Å². The average molecular weight is 335 g/mol. The minimum absolute atomic E-state index is 0.207. The number of ether oxygens (including phenoxy) is 3. The quantitative estimate of drug-likeness (QED) is 0.793. The highest BCUT2D eigenvalue weighted by Crippen LogP contribution is 2.22. The fourth-order valence-corrected chi connectivity index (χ4v) is 2.51. The molecule has 1 saturated heterocycles. The van der Waals surface area contributed by atoms with Crippen LogP contribution >= 0.6 is 0 Å². The second kappa shape index (κ2) is 7.55. The summed E-state index contributed by atoms with van der Waals surface area (Å²) < 4.78 is 16.1. The van der Waals surface area contributed by atoms with E-state index in [4.69, 9.17) is 14.2 Å². The molecule has 0 saturated carbocycles. The van der Waals surface area contributed by atoms with Crippen molar-refractivity contribution >= 4 is 12.1 Å². The zero-order valence-corrected chi connectivity index (χ0v) is 14.7. The third-order valence-corrected chi connectivity index (χ3v) is 3.69. The van der Waals surface area contributed by atoms with Crippen LogP contribution in [0.15, 0.2) is 24.3 Å². The number of piperidine rings is 1. The Kier molecular flexibility index (Phi) is 5.70. The van der Waals surface area contributed by atoms with Crippen molar-refractivity contribution in [3.8, 4) is 5.75 Å². The van der Waals surface area contributed by atoms with Gasteiger partial charge in [-0.15, -0.1) is 0 Å². The van der Waals surface area contributed by atoms with E-state index >= 15 is 0 Å². The maximum absolute atomic E-state index is 12.3. The Balaban J connectivity index is 1.87. The maximum Gasteiger partial charge on any atom is 0.410 e. The summed E-state index contributed by atoms with van der Waals surface area (Å²) in [6, 6.07) is 6.97. The third-order valence-electron chi connectivity index (χ3n) is 3.69. The molecule has 24 heavy (non-hydrogen) atoms. The van der Waals surface area contributed by atoms with Gasteiger partial charge in [-0.2, -0.15) is 0 Å². The molecule has 6 heteroatoms. The molecule has 0 aromatic heterocycles. The van der Waals surface area contributed by atoms with E-state index in [-0.39, 0.29) is 12.2 Å². The monoisotopic (exact) mass is 335 g/mol. The summed E-state index contributed by atoms with van der Waals surface area (Å²) >= 11 is 0. The number of likely N-dealkylation sites (tertiary alicyclic amines) is 1. The van der Waals surface area contributed by atoms with Crippen LogP contribution in [-0.2, 0) is 9.47 Å². The molecule has 0 atom stereocenters. The Bertz CT molecular complexity index is 585. The van der Waals surface area contributed by atoms with Gasteiger partial charge in [0.25, 0.3) is 0 Å². The van der Waals surface area contributed by atoms with Crippen LogP contribution in [0.4, 0.5) is 4.79 Å². The second-order valence-corrected chi connectivity index (χ2v) is 6.77. The molecule has 1 fully saturated rings. The Labute approximate surface area is 142 Å². The first kappa shape index (κ1) is 18.1. The lowest BCUT2D eigenvalue weighted by molar-refractivity contribution is -0.00352. The molecule has 2 rings (SSSR count). The number of benzene rings is 1. The molecule has 0 N–H and O–H groups in total. The van der Waals surface area contributed by atoms with Crippen molar-refractivity contribution in [1.29, 1.82) is 0 Å². The number of nitrogens with zero attached hydrogens (tertiary/aromatic N) is 1. The van der Waals surface area contributed by atoms with Gasteiger partial charge in [-0.3, -0.25) is 0 Å². The van der Waals surface area contributed by atoms with Crippen molar-refractivity contribution in [1.82, 2.24) is 4.90 Å². The van der Waals surface area contributed by atoms with E-state index in [0.717, 1.165) is 0 Å². The predicted octanol–water partition coefficient (Wildman–Crippen LogP) is 3.25. The van der Waals surface area contributed by atoms with Crippen molar-refractivity contribution in [2.75, 3.05) is 20.2 Å². The van der Waals surface area contributed by atoms with E-state index in [1.54, 1.807) is 29.2 Å². The molecule has 0 spiro atoms. The molecule has 1 aliphatic rings. The number of hydrogen-bond acceptors (Lipinski definition) is 5. The van der Waals surface area contributed by atoms with Gasteiger partial charge >= 0.3 is 12.1 Å². The minimum atomic E-state index is -0.510. The van der Waals surface area contributed by atoms with Crippen LogP contribution in [0, 0.1) is 0 Å². The molecule has 132 valence electrons. The fourth-order valence-electron chi connectivity index (χ4n) is 2.51. The van der Waals surface area contributed by atoms with Gasteiger partial charge in [0.1, 0.15) is 23.0 Å². The average Bonchev–Trinajstić information content (AvgIpc) is 2.53. The normalized spacial score (nSPS) is 15.8. The van der Waals surface area contributed by atoms with Crippen LogP contribution in [0.2, 0.25) is 0 Å². The maximum atomic E-state index is 12.3. The van der Waals surface area contributed by atoms with Gasteiger partial charge in [0, 0.05) is 25.9 Å². The van der Waals surface area contributed by atoms with Gasteiger partial charge in [0.05, 0.1) is 7.11 Å². The van der Waals surface area contributed by atoms with Crippen molar-refractivity contribution in [2.45, 2.75) is 45.3 Å². The Morgan fingerprint density at radius 2 is 1.75 bits per heavy atom. The Hall–Kier alpha value is -2.24. The first-order valence-corrected chi connectivity index (χ1v) is 8.12. The predicted molar refractivity (Wildman–Crippen MR) is 89.2 cm³/mol. The molecular formula is C18H25NO5. The molecular weight excluding hydrogens is 310 g/mol. The highest BCUT2D eigenvalue weighted by Gasteiger charge is 2.29. The van der Waals surface area contributed by atoms with Crippen molar-refractivity contribution in [3.63, 3.8) is 0 Å². The smallest absolute Gasteiger partial charge is 0.410 e. The summed E-state index contributed by atoms with van der Waals surface area (Å²) in [6.07, 6.45) is 0.665. The molecule has 1 aliphatic heterocycles. The lowest BCUT2D eigenvalue weighted by atomic mass is 10.1. The molecule has 0 aliphatic carbocycles. The largest absolute Gasteiger partial charge is 0.496 e. The second-order valence-electron chi connectivity index (χ2n) is 6.77. The lowest BCUT2D eigenvalue weighted by Gasteiger charge is -2.33. The molecule has 1 aromatic carbocycles. The fraction of sp³-hybridized carbons (Fsp3) is 0.556. The summed E-state index contributed by atoms with van der Waals surface area (Å²) in [5, 5.41) is 0. The lowest BCUT2D eigenvalue weighted by Crippen LogP contribution is -2.43. The number of amides is 1. The zero-order chi connectivity index (χ0) is 17.7. The van der Waals surface area contributed by atoms with Crippen LogP contribution in [0.1, 0.15) is 44.0 Å². The molecule has 0 bridgehead atoms. The summed E-state index contributed by atoms with van der Waals surface area (Å²) in [4.78, 5) is 26.0. The van der Waals surface area contributed by atoms with E-state index < -0.39 is 11.6 Å². The first-order valence-electron chi connectivity index (χ1n) is 8.12. The number of rotatable bonds is 3. The topological polar surface area (TPSA) is 65.1 Å². The van der Waals surface area contributed by atoms with E-state index in [0.29, 0.717) is 37.2 Å². The van der Waals surface area contributed by atoms with Crippen LogP contribution in [0.5, 0.6) is 5.75 Å². The number of methoxy groups -OCH3 is 1. The van der Waals surface area contributed by atoms with Crippen LogP contribution < -0.4 is 4.74 Å². The van der Waals surface area contributed by atoms with Gasteiger partial charge < -0.3 is 19.1 Å². The molecule has 0 unspecified atom stereocenters. The summed E-state index contributed by atoms with van der Waals surface area (Å²) in [5.41, 5.74) is -0.0980.